The van der Waals surface area contributed by atoms with Gasteiger partial charge in [0.15, 0.2) is 5.78 Å². The zero-order valence-electron chi connectivity index (χ0n) is 45.2. The minimum Gasteiger partial charge on any atom is -0.377 e. The first-order chi connectivity index (χ1) is 36.7. The van der Waals surface area contributed by atoms with Gasteiger partial charge in [0.05, 0.1) is 132 Å². The van der Waals surface area contributed by atoms with Crippen LogP contribution in [0.1, 0.15) is 65.4 Å². The average molecular weight is 1080 g/mol. The first-order valence-corrected chi connectivity index (χ1v) is 26.7. The summed E-state index contributed by atoms with van der Waals surface area (Å²) in [6.45, 7) is 13.5. The number of carbonyl (C=O) groups excluding carboxylic acids is 8. The van der Waals surface area contributed by atoms with Crippen molar-refractivity contribution in [1.29, 1.82) is 0 Å². The molecule has 430 valence electrons. The summed E-state index contributed by atoms with van der Waals surface area (Å²) < 4.78 is 49.3. The Morgan fingerprint density at radius 1 is 0.553 bits per heavy atom. The second kappa shape index (κ2) is 40.3. The van der Waals surface area contributed by atoms with E-state index in [1.54, 1.807) is 26.0 Å². The summed E-state index contributed by atoms with van der Waals surface area (Å²) in [6, 6.07) is 8.08. The molecule has 76 heavy (non-hydrogen) atoms. The van der Waals surface area contributed by atoms with Gasteiger partial charge in [-0.15, -0.1) is 0 Å². The molecule has 0 aromatic heterocycles. The van der Waals surface area contributed by atoms with Gasteiger partial charge in [0.1, 0.15) is 12.6 Å². The molecule has 3 rings (SSSR count). The third-order valence-electron chi connectivity index (χ3n) is 12.4. The molecule has 2 aliphatic rings. The molecule has 1 aliphatic heterocycles. The van der Waals surface area contributed by atoms with Gasteiger partial charge in [0.25, 0.3) is 0 Å². The molecule has 0 spiro atoms. The van der Waals surface area contributed by atoms with Crippen LogP contribution in [0, 0.1) is 29.6 Å². The van der Waals surface area contributed by atoms with Crippen molar-refractivity contribution in [2.24, 2.45) is 29.6 Å². The zero-order valence-corrected chi connectivity index (χ0v) is 45.2. The quantitative estimate of drug-likeness (QED) is 0.0437. The Kier molecular flexibility index (Phi) is 34.6. The van der Waals surface area contributed by atoms with Crippen LogP contribution < -0.4 is 26.6 Å². The normalized spacial score (nSPS) is 17.0. The number of nitrogens with zero attached hydrogens (tertiary/aromatic N) is 1. The largest absolute Gasteiger partial charge is 0.377 e. The van der Waals surface area contributed by atoms with Gasteiger partial charge in [0.2, 0.25) is 41.4 Å². The molecule has 0 radical (unpaired) electrons. The lowest BCUT2D eigenvalue weighted by molar-refractivity contribution is -0.141. The van der Waals surface area contributed by atoms with Gasteiger partial charge in [-0.1, -0.05) is 58.0 Å². The standard InChI is InChI=1S/C53H86N6O17/c1-39(2)44-33-50(64)59(53(44)67)37-42-10-12-43(13-11-42)51(65)54-14-15-68-16-17-69-18-19-70-20-21-71-22-23-72-24-25-73-26-27-74-28-29-75-30-31-76-38-49(63)56-35-47(61)55-36-48(62)58-45(32-41-8-6-5-7-9-41)52(66)57-34-46(60)40(3)4/h5-9,39-40,42-45H,10-38H2,1-4H3,(H,54,65)(H,55,61)(H,56,63)(H,57,66)(H,58,62)/t42?,43?,44?,45-/m0/s1. The summed E-state index contributed by atoms with van der Waals surface area (Å²) in [5, 5.41) is 12.9. The number of ketones is 1. The summed E-state index contributed by atoms with van der Waals surface area (Å²) in [5.41, 5.74) is 0.796. The number of hydrogen-bond donors (Lipinski definition) is 5. The van der Waals surface area contributed by atoms with Crippen LogP contribution in [0.15, 0.2) is 30.3 Å². The summed E-state index contributed by atoms with van der Waals surface area (Å²) in [4.78, 5) is 101. The Labute approximate surface area is 447 Å². The molecule has 0 bridgehead atoms. The van der Waals surface area contributed by atoms with E-state index in [2.05, 4.69) is 26.6 Å². The Morgan fingerprint density at radius 3 is 1.51 bits per heavy atom. The van der Waals surface area contributed by atoms with E-state index in [1.165, 1.54) is 4.90 Å². The van der Waals surface area contributed by atoms with Crippen LogP contribution in [0.25, 0.3) is 0 Å². The molecule has 1 aliphatic carbocycles. The number of carbonyl (C=O) groups is 8. The summed E-state index contributed by atoms with van der Waals surface area (Å²) in [7, 11) is 0. The number of hydrogen-bond acceptors (Lipinski definition) is 17. The van der Waals surface area contributed by atoms with Crippen LogP contribution in [0.2, 0.25) is 0 Å². The SMILES string of the molecule is CC(C)C(=O)CNC(=O)[C@H](Cc1ccccc1)NC(=O)CNC(=O)CNC(=O)COCCOCCOCCOCCOCCOCCOCCOCCOCCNC(=O)C1CCC(CN2C(=O)CC(C(C)C)C2=O)CC1. The molecule has 7 amide bonds. The Bertz CT molecular complexity index is 1850. The van der Waals surface area contributed by atoms with Crippen LogP contribution in [-0.4, -0.2) is 210 Å². The van der Waals surface area contributed by atoms with E-state index in [1.807, 2.05) is 32.0 Å². The van der Waals surface area contributed by atoms with E-state index >= 15 is 0 Å². The molecule has 1 aromatic rings. The number of benzene rings is 1. The molecule has 1 aromatic carbocycles. The van der Waals surface area contributed by atoms with E-state index in [-0.39, 0.29) is 92.4 Å². The first-order valence-electron chi connectivity index (χ1n) is 26.7. The molecular formula is C53H86N6O17. The van der Waals surface area contributed by atoms with E-state index in [9.17, 15) is 38.4 Å². The van der Waals surface area contributed by atoms with Crippen molar-refractivity contribution in [3.63, 3.8) is 0 Å². The molecule has 1 saturated carbocycles. The van der Waals surface area contributed by atoms with Crippen LogP contribution in [-0.2, 0) is 87.4 Å². The van der Waals surface area contributed by atoms with Gasteiger partial charge < -0.3 is 69.2 Å². The van der Waals surface area contributed by atoms with E-state index in [0.717, 1.165) is 31.2 Å². The highest BCUT2D eigenvalue weighted by Gasteiger charge is 2.41. The minimum absolute atomic E-state index is 0.0289. The van der Waals surface area contributed by atoms with Crippen LogP contribution in [0.4, 0.5) is 0 Å². The number of rotatable bonds is 44. The maximum absolute atomic E-state index is 12.8. The Morgan fingerprint density at radius 2 is 1.03 bits per heavy atom. The van der Waals surface area contributed by atoms with Crippen molar-refractivity contribution in [2.45, 2.75) is 72.3 Å². The number of imide groups is 1. The Balaban J connectivity index is 0.993. The highest BCUT2D eigenvalue weighted by molar-refractivity contribution is 6.03. The third-order valence-corrected chi connectivity index (χ3v) is 12.4. The van der Waals surface area contributed by atoms with Crippen molar-refractivity contribution >= 4 is 47.1 Å². The molecule has 1 saturated heterocycles. The zero-order chi connectivity index (χ0) is 55.2. The summed E-state index contributed by atoms with van der Waals surface area (Å²) in [6.07, 6.45) is 3.66. The fraction of sp³-hybridized carbons (Fsp3) is 0.736. The van der Waals surface area contributed by atoms with Crippen molar-refractivity contribution in [3.8, 4) is 0 Å². The van der Waals surface area contributed by atoms with Crippen molar-refractivity contribution < 1.29 is 81.0 Å². The fourth-order valence-electron chi connectivity index (χ4n) is 7.88. The van der Waals surface area contributed by atoms with E-state index in [4.69, 9.17) is 42.6 Å². The monoisotopic (exact) mass is 1080 g/mol. The molecule has 23 heteroatoms. The predicted octanol–water partition coefficient (Wildman–Crippen LogP) is 0.391. The molecular weight excluding hydrogens is 993 g/mol. The van der Waals surface area contributed by atoms with E-state index in [0.29, 0.717) is 119 Å². The minimum atomic E-state index is -0.975. The van der Waals surface area contributed by atoms with Crippen molar-refractivity contribution in [3.05, 3.63) is 35.9 Å². The molecule has 1 heterocycles. The fourth-order valence-corrected chi connectivity index (χ4v) is 7.88. The average Bonchev–Trinajstić information content (AvgIpc) is 3.69. The molecule has 1 unspecified atom stereocenters. The lowest BCUT2D eigenvalue weighted by Crippen LogP contribution is -2.52. The number of nitrogens with one attached hydrogen (secondary N) is 5. The van der Waals surface area contributed by atoms with Crippen LogP contribution >= 0.6 is 0 Å². The maximum atomic E-state index is 12.8. The van der Waals surface area contributed by atoms with Gasteiger partial charge in [-0.3, -0.25) is 43.3 Å². The van der Waals surface area contributed by atoms with Gasteiger partial charge in [-0.05, 0) is 43.1 Å². The maximum Gasteiger partial charge on any atom is 0.246 e. The number of ether oxygens (including phenoxy) is 9. The molecule has 23 nitrogen and oxygen atoms in total. The second-order valence-corrected chi connectivity index (χ2v) is 19.1. The number of amides is 7. The highest BCUT2D eigenvalue weighted by atomic mass is 16.6. The lowest BCUT2D eigenvalue weighted by atomic mass is 9.81. The summed E-state index contributed by atoms with van der Waals surface area (Å²) in [5.74, 6) is -2.61. The smallest absolute Gasteiger partial charge is 0.246 e. The van der Waals surface area contributed by atoms with Crippen LogP contribution in [0.5, 0.6) is 0 Å². The van der Waals surface area contributed by atoms with Gasteiger partial charge in [0, 0.05) is 43.7 Å². The molecule has 5 N–H and O–H groups in total. The lowest BCUT2D eigenvalue weighted by Gasteiger charge is -2.30. The van der Waals surface area contributed by atoms with Crippen LogP contribution in [0.3, 0.4) is 0 Å². The second-order valence-electron chi connectivity index (χ2n) is 19.1. The molecule has 2 atom stereocenters. The topological polar surface area (TPSA) is 283 Å². The van der Waals surface area contributed by atoms with E-state index < -0.39 is 36.2 Å². The number of Topliss-reactive ketones (excluding diaryl/α,β-unsaturated/α-hetero) is 1. The van der Waals surface area contributed by atoms with Gasteiger partial charge >= 0.3 is 0 Å². The predicted molar refractivity (Wildman–Crippen MR) is 276 cm³/mol. The molecule has 2 fully saturated rings. The van der Waals surface area contributed by atoms with Gasteiger partial charge in [-0.25, -0.2) is 0 Å². The third kappa shape index (κ3) is 29.5. The van der Waals surface area contributed by atoms with Crippen molar-refractivity contribution in [2.75, 3.05) is 152 Å². The van der Waals surface area contributed by atoms with Crippen molar-refractivity contribution in [1.82, 2.24) is 31.5 Å². The highest BCUT2D eigenvalue weighted by Crippen LogP contribution is 2.33. The first kappa shape index (κ1) is 65.3. The Hall–Kier alpha value is -4.98. The summed E-state index contributed by atoms with van der Waals surface area (Å²) >= 11 is 0. The number of likely N-dealkylation sites (tertiary alicyclic amines) is 1. The van der Waals surface area contributed by atoms with Gasteiger partial charge in [-0.2, -0.15) is 0 Å².